The quantitative estimate of drug-likeness (QED) is 0.703. The molecule has 2 saturated heterocycles. The molecule has 0 radical (unpaired) electrons. The minimum atomic E-state index is -0.338. The fourth-order valence-electron chi connectivity index (χ4n) is 4.98. The molecule has 1 atom stereocenters. The highest BCUT2D eigenvalue weighted by atomic mass is 16.5. The lowest BCUT2D eigenvalue weighted by Crippen LogP contribution is -2.71. The maximum Gasteiger partial charge on any atom is 0.223 e. The van der Waals surface area contributed by atoms with Crippen molar-refractivity contribution in [2.45, 2.75) is 69.5 Å². The van der Waals surface area contributed by atoms with Gasteiger partial charge >= 0.3 is 0 Å². The van der Waals surface area contributed by atoms with E-state index in [0.29, 0.717) is 36.1 Å². The topological polar surface area (TPSA) is 54.3 Å². The molecule has 1 aliphatic carbocycles. The molecule has 0 bridgehead atoms. The van der Waals surface area contributed by atoms with Gasteiger partial charge in [0, 0.05) is 56.9 Å². The van der Waals surface area contributed by atoms with Crippen molar-refractivity contribution in [3.8, 4) is 12.3 Å². The summed E-state index contributed by atoms with van der Waals surface area (Å²) in [5.74, 6) is 3.57. The fraction of sp³-hybridized carbons (Fsp3) is 0.842. The molecule has 1 spiro atoms. The van der Waals surface area contributed by atoms with E-state index in [0.717, 1.165) is 45.4 Å². The number of likely N-dealkylation sites (tertiary alicyclic amines) is 1. The van der Waals surface area contributed by atoms with Crippen LogP contribution >= 0.6 is 0 Å². The van der Waals surface area contributed by atoms with Crippen molar-refractivity contribution >= 4 is 5.91 Å². The Balaban J connectivity index is 1.34. The number of ether oxygens (including phenoxy) is 1. The molecule has 5 heteroatoms. The average Bonchev–Trinajstić information content (AvgIpc) is 3.30. The molecule has 130 valence electrons. The molecule has 3 fully saturated rings. The predicted octanol–water partition coefficient (Wildman–Crippen LogP) is 3.15. The molecular weight excluding hydrogens is 302 g/mol. The zero-order valence-corrected chi connectivity index (χ0v) is 14.4. The summed E-state index contributed by atoms with van der Waals surface area (Å²) in [6, 6.07) is 0.456. The van der Waals surface area contributed by atoms with Crippen molar-refractivity contribution in [3.63, 3.8) is 0 Å². The summed E-state index contributed by atoms with van der Waals surface area (Å²) in [6.07, 6.45) is 14.2. The van der Waals surface area contributed by atoms with E-state index in [2.05, 4.69) is 21.0 Å². The summed E-state index contributed by atoms with van der Waals surface area (Å²) in [7, 11) is 0. The summed E-state index contributed by atoms with van der Waals surface area (Å²) in [6.45, 7) is 2.68. The Labute approximate surface area is 144 Å². The molecule has 0 aromatic carbocycles. The first-order chi connectivity index (χ1) is 11.7. The third-order valence-electron chi connectivity index (χ3n) is 6.62. The highest BCUT2D eigenvalue weighted by Gasteiger charge is 2.59. The van der Waals surface area contributed by atoms with Gasteiger partial charge in [-0.15, -0.1) is 12.3 Å². The third-order valence-corrected chi connectivity index (χ3v) is 6.62. The van der Waals surface area contributed by atoms with Gasteiger partial charge in [-0.05, 0) is 31.6 Å². The fourth-order valence-corrected chi connectivity index (χ4v) is 4.98. The van der Waals surface area contributed by atoms with E-state index < -0.39 is 0 Å². The van der Waals surface area contributed by atoms with Gasteiger partial charge in [0.25, 0.3) is 0 Å². The van der Waals surface area contributed by atoms with Gasteiger partial charge in [0.2, 0.25) is 5.91 Å². The van der Waals surface area contributed by atoms with Crippen LogP contribution in [0.2, 0.25) is 0 Å². The summed E-state index contributed by atoms with van der Waals surface area (Å²) in [5.41, 5.74) is 0.0996. The van der Waals surface area contributed by atoms with Gasteiger partial charge < -0.3 is 9.64 Å². The first kappa shape index (κ1) is 16.1. The number of amides is 1. The van der Waals surface area contributed by atoms with E-state index in [1.807, 2.05) is 0 Å². The SMILES string of the molecule is C#CCCC1(CCC(=O)N2CC3(CCC3)C2C2CCOCC2)N=N1. The van der Waals surface area contributed by atoms with Crippen molar-refractivity contribution in [1.29, 1.82) is 0 Å². The second-order valence-electron chi connectivity index (χ2n) is 8.02. The van der Waals surface area contributed by atoms with Crippen LogP contribution in [0.3, 0.4) is 0 Å². The van der Waals surface area contributed by atoms with Crippen molar-refractivity contribution in [2.24, 2.45) is 21.6 Å². The number of rotatable bonds is 6. The highest BCUT2D eigenvalue weighted by molar-refractivity contribution is 5.78. The molecule has 0 aromatic heterocycles. The Bertz CT molecular complexity index is 564. The molecule has 24 heavy (non-hydrogen) atoms. The second kappa shape index (κ2) is 6.15. The Kier molecular flexibility index (Phi) is 4.12. The maximum atomic E-state index is 12.8. The molecule has 1 unspecified atom stereocenters. The van der Waals surface area contributed by atoms with Crippen LogP contribution in [0.15, 0.2) is 10.2 Å². The Morgan fingerprint density at radius 2 is 2.00 bits per heavy atom. The van der Waals surface area contributed by atoms with Gasteiger partial charge in [0.1, 0.15) is 0 Å². The summed E-state index contributed by atoms with van der Waals surface area (Å²) < 4.78 is 5.53. The predicted molar refractivity (Wildman–Crippen MR) is 90.2 cm³/mol. The number of nitrogens with zero attached hydrogens (tertiary/aromatic N) is 3. The Morgan fingerprint density at radius 1 is 1.25 bits per heavy atom. The lowest BCUT2D eigenvalue weighted by molar-refractivity contribution is -0.183. The molecule has 0 N–H and O–H groups in total. The van der Waals surface area contributed by atoms with Crippen LogP contribution in [0.4, 0.5) is 0 Å². The smallest absolute Gasteiger partial charge is 0.223 e. The Morgan fingerprint density at radius 3 is 2.58 bits per heavy atom. The van der Waals surface area contributed by atoms with Gasteiger partial charge in [-0.1, -0.05) is 6.42 Å². The minimum absolute atomic E-state index is 0.293. The van der Waals surface area contributed by atoms with Gasteiger partial charge in [-0.3, -0.25) is 4.79 Å². The molecule has 3 aliphatic heterocycles. The van der Waals surface area contributed by atoms with E-state index >= 15 is 0 Å². The molecule has 1 saturated carbocycles. The third kappa shape index (κ3) is 2.75. The van der Waals surface area contributed by atoms with Crippen LogP contribution in [-0.2, 0) is 9.53 Å². The van der Waals surface area contributed by atoms with Gasteiger partial charge in [0.05, 0.1) is 0 Å². The molecule has 0 aromatic rings. The number of hydrogen-bond donors (Lipinski definition) is 0. The van der Waals surface area contributed by atoms with Crippen LogP contribution in [0.5, 0.6) is 0 Å². The van der Waals surface area contributed by atoms with Crippen LogP contribution in [-0.4, -0.2) is 42.3 Å². The van der Waals surface area contributed by atoms with E-state index in [4.69, 9.17) is 11.2 Å². The Hall–Kier alpha value is -1.41. The molecule has 3 heterocycles. The van der Waals surface area contributed by atoms with Crippen molar-refractivity contribution in [3.05, 3.63) is 0 Å². The lowest BCUT2D eigenvalue weighted by atomic mass is 9.54. The number of hydrogen-bond acceptors (Lipinski definition) is 4. The summed E-state index contributed by atoms with van der Waals surface area (Å²) in [4.78, 5) is 15.0. The van der Waals surface area contributed by atoms with E-state index in [9.17, 15) is 4.79 Å². The van der Waals surface area contributed by atoms with Crippen molar-refractivity contribution in [1.82, 2.24) is 4.90 Å². The highest BCUT2D eigenvalue weighted by Crippen LogP contribution is 2.57. The van der Waals surface area contributed by atoms with E-state index in [1.165, 1.54) is 19.3 Å². The maximum absolute atomic E-state index is 12.8. The normalized spacial score (nSPS) is 29.6. The summed E-state index contributed by atoms with van der Waals surface area (Å²) in [5, 5.41) is 8.31. The van der Waals surface area contributed by atoms with E-state index in [-0.39, 0.29) is 5.66 Å². The van der Waals surface area contributed by atoms with Crippen LogP contribution < -0.4 is 0 Å². The van der Waals surface area contributed by atoms with Crippen LogP contribution in [0, 0.1) is 23.7 Å². The molecular formula is C19H27N3O2. The zero-order chi connectivity index (χ0) is 16.6. The first-order valence-electron chi connectivity index (χ1n) is 9.43. The molecule has 4 rings (SSSR count). The average molecular weight is 329 g/mol. The first-order valence-corrected chi connectivity index (χ1v) is 9.43. The molecule has 5 nitrogen and oxygen atoms in total. The standard InChI is InChI=1S/C19H27N3O2/c1-2-3-10-19(20-21-19)11-5-16(23)22-14-18(8-4-9-18)17(22)15-6-12-24-13-7-15/h1,15,17H,3-14H2. The van der Waals surface area contributed by atoms with Crippen molar-refractivity contribution in [2.75, 3.05) is 19.8 Å². The minimum Gasteiger partial charge on any atom is -0.381 e. The molecule has 4 aliphatic rings. The number of carbonyl (C=O) groups is 1. The van der Waals surface area contributed by atoms with Crippen LogP contribution in [0.25, 0.3) is 0 Å². The van der Waals surface area contributed by atoms with Gasteiger partial charge in [-0.2, -0.15) is 10.2 Å². The largest absolute Gasteiger partial charge is 0.381 e. The van der Waals surface area contributed by atoms with Crippen LogP contribution in [0.1, 0.15) is 57.8 Å². The van der Waals surface area contributed by atoms with E-state index in [1.54, 1.807) is 0 Å². The monoisotopic (exact) mass is 329 g/mol. The molecule has 1 amide bonds. The second-order valence-corrected chi connectivity index (χ2v) is 8.02. The van der Waals surface area contributed by atoms with Gasteiger partial charge in [-0.25, -0.2) is 0 Å². The zero-order valence-electron chi connectivity index (χ0n) is 14.4. The summed E-state index contributed by atoms with van der Waals surface area (Å²) >= 11 is 0. The lowest BCUT2D eigenvalue weighted by Gasteiger charge is -2.65. The van der Waals surface area contributed by atoms with Crippen molar-refractivity contribution < 1.29 is 9.53 Å². The van der Waals surface area contributed by atoms with Gasteiger partial charge in [0.15, 0.2) is 5.66 Å². The number of terminal acetylenes is 1. The number of carbonyl (C=O) groups excluding carboxylic acids is 1.